The predicted octanol–water partition coefficient (Wildman–Crippen LogP) is 3.95. The molecule has 1 aromatic rings. The number of carbonyl (C=O) groups is 1. The van der Waals surface area contributed by atoms with Gasteiger partial charge in [0.25, 0.3) is 0 Å². The van der Waals surface area contributed by atoms with Crippen molar-refractivity contribution in [2.75, 3.05) is 0 Å². The Bertz CT molecular complexity index is 336. The van der Waals surface area contributed by atoms with Crippen LogP contribution >= 0.6 is 0 Å². The Hall–Kier alpha value is -1.32. The number of rotatable bonds is 12. The van der Waals surface area contributed by atoms with Crippen molar-refractivity contribution in [2.45, 2.75) is 77.7 Å². The Morgan fingerprint density at radius 2 is 1.75 bits per heavy atom. The monoisotopic (exact) mass is 279 g/mol. The zero-order chi connectivity index (χ0) is 14.5. The number of unbranched alkanes of at least 4 members (excludes halogenated alkanes) is 8. The van der Waals surface area contributed by atoms with Crippen LogP contribution in [0.15, 0.2) is 12.3 Å². The van der Waals surface area contributed by atoms with Crippen molar-refractivity contribution in [1.29, 1.82) is 0 Å². The Morgan fingerprint density at radius 3 is 2.35 bits per heavy atom. The molecule has 0 saturated carbocycles. The number of aromatic nitrogens is 2. The molecule has 1 heterocycles. The van der Waals surface area contributed by atoms with Gasteiger partial charge in [0.1, 0.15) is 0 Å². The smallest absolute Gasteiger partial charge is 0.220 e. The van der Waals surface area contributed by atoms with E-state index in [0.717, 1.165) is 12.1 Å². The third kappa shape index (κ3) is 8.73. The molecular weight excluding hydrogens is 250 g/mol. The lowest BCUT2D eigenvalue weighted by Crippen LogP contribution is -2.22. The molecule has 1 aromatic heterocycles. The van der Waals surface area contributed by atoms with Crippen LogP contribution in [0.2, 0.25) is 0 Å². The fourth-order valence-electron chi connectivity index (χ4n) is 2.26. The molecule has 0 fully saturated rings. The Balaban J connectivity index is 1.84. The van der Waals surface area contributed by atoms with Crippen molar-refractivity contribution in [3.8, 4) is 0 Å². The van der Waals surface area contributed by atoms with E-state index in [0.29, 0.717) is 13.0 Å². The van der Waals surface area contributed by atoms with Crippen LogP contribution in [0, 0.1) is 0 Å². The maximum Gasteiger partial charge on any atom is 0.220 e. The van der Waals surface area contributed by atoms with E-state index in [1.807, 2.05) is 6.07 Å². The summed E-state index contributed by atoms with van der Waals surface area (Å²) in [4.78, 5) is 11.6. The second kappa shape index (κ2) is 11.5. The van der Waals surface area contributed by atoms with Crippen LogP contribution in [0.1, 0.15) is 76.8 Å². The first-order valence-electron chi connectivity index (χ1n) is 8.08. The van der Waals surface area contributed by atoms with E-state index in [2.05, 4.69) is 22.4 Å². The summed E-state index contributed by atoms with van der Waals surface area (Å²) in [7, 11) is 0. The lowest BCUT2D eigenvalue weighted by atomic mass is 10.1. The molecular formula is C16H29N3O. The number of nitrogens with zero attached hydrogens (tertiary/aromatic N) is 1. The molecule has 0 bridgehead atoms. The summed E-state index contributed by atoms with van der Waals surface area (Å²) in [5.74, 6) is 0.141. The summed E-state index contributed by atoms with van der Waals surface area (Å²) >= 11 is 0. The topological polar surface area (TPSA) is 57.8 Å². The molecule has 0 saturated heterocycles. The van der Waals surface area contributed by atoms with Gasteiger partial charge in [0, 0.05) is 12.6 Å². The zero-order valence-electron chi connectivity index (χ0n) is 12.8. The van der Waals surface area contributed by atoms with Gasteiger partial charge in [-0.1, -0.05) is 58.3 Å². The maximum absolute atomic E-state index is 11.6. The third-order valence-corrected chi connectivity index (χ3v) is 3.54. The van der Waals surface area contributed by atoms with E-state index in [1.165, 1.54) is 51.4 Å². The average Bonchev–Trinajstić information content (AvgIpc) is 2.96. The van der Waals surface area contributed by atoms with Crippen molar-refractivity contribution >= 4 is 5.91 Å². The van der Waals surface area contributed by atoms with Gasteiger partial charge in [0.15, 0.2) is 0 Å². The molecule has 4 nitrogen and oxygen atoms in total. The van der Waals surface area contributed by atoms with Crippen LogP contribution < -0.4 is 5.32 Å². The molecule has 0 radical (unpaired) electrons. The number of amides is 1. The minimum Gasteiger partial charge on any atom is -0.350 e. The van der Waals surface area contributed by atoms with Crippen LogP contribution in [0.3, 0.4) is 0 Å². The van der Waals surface area contributed by atoms with E-state index in [9.17, 15) is 4.79 Å². The molecule has 0 unspecified atom stereocenters. The number of hydrogen-bond acceptors (Lipinski definition) is 2. The van der Waals surface area contributed by atoms with Crippen molar-refractivity contribution in [1.82, 2.24) is 15.5 Å². The Kier molecular flexibility index (Phi) is 9.62. The minimum absolute atomic E-state index is 0.141. The third-order valence-electron chi connectivity index (χ3n) is 3.54. The number of hydrogen-bond donors (Lipinski definition) is 2. The van der Waals surface area contributed by atoms with E-state index in [1.54, 1.807) is 6.20 Å². The highest BCUT2D eigenvalue weighted by molar-refractivity contribution is 5.75. The molecule has 4 heteroatoms. The normalized spacial score (nSPS) is 10.7. The van der Waals surface area contributed by atoms with Crippen LogP contribution in [-0.4, -0.2) is 16.1 Å². The lowest BCUT2D eigenvalue weighted by Gasteiger charge is -2.04. The van der Waals surface area contributed by atoms with E-state index in [-0.39, 0.29) is 5.91 Å². The van der Waals surface area contributed by atoms with Gasteiger partial charge in [-0.3, -0.25) is 9.89 Å². The molecule has 0 aliphatic carbocycles. The molecule has 0 atom stereocenters. The molecule has 0 aromatic carbocycles. The molecule has 0 aliphatic heterocycles. The summed E-state index contributed by atoms with van der Waals surface area (Å²) < 4.78 is 0. The molecule has 114 valence electrons. The summed E-state index contributed by atoms with van der Waals surface area (Å²) in [6.07, 6.45) is 13.9. The van der Waals surface area contributed by atoms with E-state index < -0.39 is 0 Å². The first-order chi connectivity index (χ1) is 9.83. The molecule has 2 N–H and O–H groups in total. The highest BCUT2D eigenvalue weighted by atomic mass is 16.1. The standard InChI is InChI=1S/C16H29N3O/c1-2-3-4-5-6-7-8-9-10-11-16(20)17-14-15-12-13-18-19-15/h12-13H,2-11,14H2,1H3,(H,17,20)(H,18,19). The van der Waals surface area contributed by atoms with Crippen LogP contribution in [0.5, 0.6) is 0 Å². The van der Waals surface area contributed by atoms with Gasteiger partial charge in [-0.05, 0) is 12.5 Å². The molecule has 20 heavy (non-hydrogen) atoms. The maximum atomic E-state index is 11.6. The second-order valence-electron chi connectivity index (χ2n) is 5.44. The highest BCUT2D eigenvalue weighted by Gasteiger charge is 2.01. The predicted molar refractivity (Wildman–Crippen MR) is 82.3 cm³/mol. The summed E-state index contributed by atoms with van der Waals surface area (Å²) in [5.41, 5.74) is 0.949. The van der Waals surface area contributed by atoms with Crippen molar-refractivity contribution in [2.24, 2.45) is 0 Å². The number of carbonyl (C=O) groups excluding carboxylic acids is 1. The van der Waals surface area contributed by atoms with E-state index >= 15 is 0 Å². The van der Waals surface area contributed by atoms with Gasteiger partial charge in [-0.15, -0.1) is 0 Å². The van der Waals surface area contributed by atoms with Crippen LogP contribution in [0.4, 0.5) is 0 Å². The van der Waals surface area contributed by atoms with E-state index in [4.69, 9.17) is 0 Å². The molecule has 0 spiro atoms. The van der Waals surface area contributed by atoms with Gasteiger partial charge in [0.2, 0.25) is 5.91 Å². The van der Waals surface area contributed by atoms with Crippen LogP contribution in [-0.2, 0) is 11.3 Å². The Morgan fingerprint density at radius 1 is 1.10 bits per heavy atom. The fraction of sp³-hybridized carbons (Fsp3) is 0.750. The molecule has 1 rings (SSSR count). The highest BCUT2D eigenvalue weighted by Crippen LogP contribution is 2.10. The van der Waals surface area contributed by atoms with Crippen molar-refractivity contribution < 1.29 is 4.79 Å². The number of nitrogens with one attached hydrogen (secondary N) is 2. The van der Waals surface area contributed by atoms with Crippen LogP contribution in [0.25, 0.3) is 0 Å². The zero-order valence-corrected chi connectivity index (χ0v) is 12.8. The SMILES string of the molecule is CCCCCCCCCCCC(=O)NCc1ccn[nH]1. The largest absolute Gasteiger partial charge is 0.350 e. The number of H-pyrrole nitrogens is 1. The summed E-state index contributed by atoms with van der Waals surface area (Å²) in [5, 5.41) is 9.58. The van der Waals surface area contributed by atoms with Gasteiger partial charge in [-0.2, -0.15) is 5.10 Å². The summed E-state index contributed by atoms with van der Waals surface area (Å²) in [6, 6.07) is 1.87. The fourth-order valence-corrected chi connectivity index (χ4v) is 2.26. The summed E-state index contributed by atoms with van der Waals surface area (Å²) in [6.45, 7) is 2.80. The van der Waals surface area contributed by atoms with Gasteiger partial charge >= 0.3 is 0 Å². The first-order valence-corrected chi connectivity index (χ1v) is 8.08. The van der Waals surface area contributed by atoms with Gasteiger partial charge in [0.05, 0.1) is 12.2 Å². The first kappa shape index (κ1) is 16.7. The van der Waals surface area contributed by atoms with Crippen molar-refractivity contribution in [3.63, 3.8) is 0 Å². The molecule has 0 aliphatic rings. The number of aromatic amines is 1. The lowest BCUT2D eigenvalue weighted by molar-refractivity contribution is -0.121. The van der Waals surface area contributed by atoms with Crippen molar-refractivity contribution in [3.05, 3.63) is 18.0 Å². The molecule has 1 amide bonds. The van der Waals surface area contributed by atoms with Gasteiger partial charge in [-0.25, -0.2) is 0 Å². The quantitative estimate of drug-likeness (QED) is 0.569. The second-order valence-corrected chi connectivity index (χ2v) is 5.44. The average molecular weight is 279 g/mol. The Labute approximate surface area is 122 Å². The minimum atomic E-state index is 0.141. The van der Waals surface area contributed by atoms with Gasteiger partial charge < -0.3 is 5.32 Å².